The third-order valence-corrected chi connectivity index (χ3v) is 6.97. The molecular weight excluding hydrogens is 405 g/mol. The molecule has 1 aliphatic carbocycles. The topological polar surface area (TPSA) is 69.1 Å². The molecule has 4 aromatic rings. The number of aromatic nitrogens is 3. The largest absolute Gasteiger partial charge is 0.364 e. The molecule has 1 saturated carbocycles. The number of halogens is 1. The predicted octanol–water partition coefficient (Wildman–Crippen LogP) is 4.57. The molecule has 2 aromatic carbocycles. The molecule has 32 heavy (non-hydrogen) atoms. The summed E-state index contributed by atoms with van der Waals surface area (Å²) in [5.74, 6) is -0.959. The highest BCUT2D eigenvalue weighted by molar-refractivity contribution is 6.02. The van der Waals surface area contributed by atoms with E-state index in [2.05, 4.69) is 29.7 Å². The number of hydrogen-bond donors (Lipinski definition) is 1. The van der Waals surface area contributed by atoms with Crippen molar-refractivity contribution in [2.75, 3.05) is 14.1 Å². The van der Waals surface area contributed by atoms with Gasteiger partial charge in [-0.25, -0.2) is 4.39 Å². The van der Waals surface area contributed by atoms with Crippen molar-refractivity contribution in [3.05, 3.63) is 59.7 Å². The number of nitrogens with zero attached hydrogens (tertiary/aromatic N) is 4. The molecule has 0 atom stereocenters. The van der Waals surface area contributed by atoms with E-state index in [1.54, 1.807) is 16.7 Å². The van der Waals surface area contributed by atoms with Crippen molar-refractivity contribution in [1.29, 1.82) is 0 Å². The maximum absolute atomic E-state index is 14.6. The minimum absolute atomic E-state index is 0.264. The number of fused-ring (bicyclic) bond motifs is 2. The third-order valence-electron chi connectivity index (χ3n) is 6.97. The number of carbonyl (C=O) groups excluding carboxylic acids is 1. The van der Waals surface area contributed by atoms with Gasteiger partial charge in [0.15, 0.2) is 0 Å². The molecule has 0 bridgehead atoms. The van der Waals surface area contributed by atoms with Crippen LogP contribution in [0.2, 0.25) is 0 Å². The van der Waals surface area contributed by atoms with Crippen molar-refractivity contribution in [3.8, 4) is 5.69 Å². The highest BCUT2D eigenvalue weighted by Crippen LogP contribution is 2.36. The lowest BCUT2D eigenvalue weighted by atomic mass is 9.90. The average Bonchev–Trinajstić information content (AvgIpc) is 3.39. The molecule has 0 saturated heterocycles. The lowest BCUT2D eigenvalue weighted by Gasteiger charge is -2.33. The molecule has 1 fully saturated rings. The molecule has 0 unspecified atom stereocenters. The number of amides is 1. The van der Waals surface area contributed by atoms with E-state index in [9.17, 15) is 9.18 Å². The van der Waals surface area contributed by atoms with Crippen molar-refractivity contribution < 1.29 is 9.18 Å². The Labute approximate surface area is 186 Å². The molecule has 166 valence electrons. The molecule has 6 nitrogen and oxygen atoms in total. The van der Waals surface area contributed by atoms with Gasteiger partial charge in [-0.1, -0.05) is 12.1 Å². The second kappa shape index (κ2) is 7.74. The second-order valence-corrected chi connectivity index (χ2v) is 9.08. The van der Waals surface area contributed by atoms with Crippen molar-refractivity contribution in [2.24, 2.45) is 5.73 Å². The van der Waals surface area contributed by atoms with E-state index in [1.807, 2.05) is 25.3 Å². The summed E-state index contributed by atoms with van der Waals surface area (Å²) in [7, 11) is 4.28. The Morgan fingerprint density at radius 3 is 2.56 bits per heavy atom. The summed E-state index contributed by atoms with van der Waals surface area (Å²) in [4.78, 5) is 14.6. The van der Waals surface area contributed by atoms with Gasteiger partial charge in [0.05, 0.1) is 29.0 Å². The van der Waals surface area contributed by atoms with Crippen molar-refractivity contribution in [3.63, 3.8) is 0 Å². The lowest BCUT2D eigenvalue weighted by molar-refractivity contribution is 0.0994. The van der Waals surface area contributed by atoms with Gasteiger partial charge in [0, 0.05) is 16.8 Å². The normalized spacial score (nSPS) is 19.3. The van der Waals surface area contributed by atoms with E-state index >= 15 is 0 Å². The second-order valence-electron chi connectivity index (χ2n) is 9.08. The summed E-state index contributed by atoms with van der Waals surface area (Å²) in [6.45, 7) is 1.91. The number of aryl methyl sites for hydroxylation is 1. The summed E-state index contributed by atoms with van der Waals surface area (Å²) in [5, 5.41) is 6.07. The van der Waals surface area contributed by atoms with E-state index in [0.717, 1.165) is 47.8 Å². The fraction of sp³-hybridized carbons (Fsp3) is 0.360. The van der Waals surface area contributed by atoms with Crippen molar-refractivity contribution in [1.82, 2.24) is 19.2 Å². The van der Waals surface area contributed by atoms with Crippen LogP contribution in [-0.2, 0) is 0 Å². The highest BCUT2D eigenvalue weighted by Gasteiger charge is 2.26. The van der Waals surface area contributed by atoms with Gasteiger partial charge in [-0.3, -0.25) is 9.48 Å². The first-order chi connectivity index (χ1) is 15.4. The van der Waals surface area contributed by atoms with Gasteiger partial charge >= 0.3 is 0 Å². The van der Waals surface area contributed by atoms with Gasteiger partial charge in [-0.05, 0) is 76.5 Å². The van der Waals surface area contributed by atoms with Crippen LogP contribution in [0.3, 0.4) is 0 Å². The first-order valence-corrected chi connectivity index (χ1v) is 11.1. The fourth-order valence-electron chi connectivity index (χ4n) is 5.24. The Morgan fingerprint density at radius 1 is 1.12 bits per heavy atom. The minimum Gasteiger partial charge on any atom is -0.364 e. The Hall–Kier alpha value is -3.19. The average molecular weight is 434 g/mol. The van der Waals surface area contributed by atoms with Crippen LogP contribution in [0, 0.1) is 12.7 Å². The molecule has 2 heterocycles. The molecule has 1 amide bonds. The quantitative estimate of drug-likeness (QED) is 0.513. The molecule has 0 spiro atoms. The number of rotatable bonds is 4. The zero-order chi connectivity index (χ0) is 22.6. The van der Waals surface area contributed by atoms with E-state index < -0.39 is 5.91 Å². The first-order valence-electron chi connectivity index (χ1n) is 11.1. The van der Waals surface area contributed by atoms with Crippen molar-refractivity contribution in [2.45, 2.75) is 44.7 Å². The number of benzene rings is 2. The Morgan fingerprint density at radius 2 is 1.88 bits per heavy atom. The van der Waals surface area contributed by atoms with E-state index in [-0.39, 0.29) is 11.5 Å². The first kappa shape index (κ1) is 20.7. The number of hydrogen-bond acceptors (Lipinski definition) is 3. The Balaban J connectivity index is 1.66. The molecule has 7 heteroatoms. The number of primary amides is 1. The van der Waals surface area contributed by atoms with Crippen LogP contribution in [0.1, 0.15) is 47.8 Å². The van der Waals surface area contributed by atoms with Gasteiger partial charge in [0.25, 0.3) is 5.91 Å². The molecular formula is C25H28FN5O. The van der Waals surface area contributed by atoms with Gasteiger partial charge in [-0.2, -0.15) is 5.10 Å². The summed E-state index contributed by atoms with van der Waals surface area (Å²) >= 11 is 0. The molecule has 2 aromatic heterocycles. The van der Waals surface area contributed by atoms with E-state index in [1.165, 1.54) is 6.07 Å². The van der Waals surface area contributed by atoms with Crippen LogP contribution in [0.5, 0.6) is 0 Å². The highest BCUT2D eigenvalue weighted by atomic mass is 19.1. The molecule has 0 radical (unpaired) electrons. The van der Waals surface area contributed by atoms with Crippen LogP contribution in [-0.4, -0.2) is 45.3 Å². The Kier molecular flexibility index (Phi) is 5.01. The number of nitrogens with two attached hydrogens (primary N) is 1. The predicted molar refractivity (Wildman–Crippen MR) is 125 cm³/mol. The molecule has 0 aliphatic heterocycles. The summed E-state index contributed by atoms with van der Waals surface area (Å²) < 4.78 is 18.5. The SMILES string of the molecule is Cc1ccc(F)c2cc(C(N)=O)n(-c3cccc4c3cnn4C3CCC(N(C)C)CC3)c12. The maximum Gasteiger partial charge on any atom is 0.265 e. The zero-order valence-corrected chi connectivity index (χ0v) is 18.7. The smallest absolute Gasteiger partial charge is 0.265 e. The van der Waals surface area contributed by atoms with Crippen LogP contribution in [0.15, 0.2) is 42.6 Å². The lowest BCUT2D eigenvalue weighted by Crippen LogP contribution is -2.33. The van der Waals surface area contributed by atoms with Gasteiger partial charge in [0.1, 0.15) is 11.5 Å². The van der Waals surface area contributed by atoms with Crippen LogP contribution >= 0.6 is 0 Å². The third kappa shape index (κ3) is 3.19. The molecule has 1 aliphatic rings. The standard InChI is InChI=1S/C25H28FN5O/c1-15-7-12-20(26)18-13-23(25(27)32)30(24(15)18)21-5-4-6-22-19(21)14-28-31(22)17-10-8-16(9-11-17)29(2)3/h4-7,12-14,16-17H,8-11H2,1-3H3,(H2,27,32). The number of carbonyl (C=O) groups is 1. The van der Waals surface area contributed by atoms with Gasteiger partial charge in [-0.15, -0.1) is 0 Å². The van der Waals surface area contributed by atoms with Gasteiger partial charge < -0.3 is 15.2 Å². The summed E-state index contributed by atoms with van der Waals surface area (Å²) in [6, 6.07) is 11.6. The molecule has 5 rings (SSSR count). The van der Waals surface area contributed by atoms with Crippen LogP contribution < -0.4 is 5.73 Å². The van der Waals surface area contributed by atoms with E-state index in [4.69, 9.17) is 10.8 Å². The van der Waals surface area contributed by atoms with Crippen LogP contribution in [0.4, 0.5) is 4.39 Å². The zero-order valence-electron chi connectivity index (χ0n) is 18.7. The van der Waals surface area contributed by atoms with Crippen molar-refractivity contribution >= 4 is 27.7 Å². The van der Waals surface area contributed by atoms with Crippen LogP contribution in [0.25, 0.3) is 27.5 Å². The Bertz CT molecular complexity index is 1330. The minimum atomic E-state index is -0.591. The summed E-state index contributed by atoms with van der Waals surface area (Å²) in [5.41, 5.74) is 9.31. The fourth-order valence-corrected chi connectivity index (χ4v) is 5.24. The van der Waals surface area contributed by atoms with E-state index in [0.29, 0.717) is 23.0 Å². The summed E-state index contributed by atoms with van der Waals surface area (Å²) in [6.07, 6.45) is 6.30. The van der Waals surface area contributed by atoms with Gasteiger partial charge in [0.2, 0.25) is 0 Å². The molecule has 2 N–H and O–H groups in total. The monoisotopic (exact) mass is 433 g/mol. The maximum atomic E-state index is 14.6.